The number of rotatable bonds is 6. The number of benzene rings is 2. The number of aromatic nitrogens is 2. The Morgan fingerprint density at radius 3 is 2.50 bits per heavy atom. The number of para-hydroxylation sites is 1. The fourth-order valence-corrected chi connectivity index (χ4v) is 3.31. The van der Waals surface area contributed by atoms with Gasteiger partial charge in [0.05, 0.1) is 10.7 Å². The molecule has 3 rings (SSSR count). The Balaban J connectivity index is 1.85. The van der Waals surface area contributed by atoms with Crippen molar-refractivity contribution < 1.29 is 4.79 Å². The van der Waals surface area contributed by atoms with Gasteiger partial charge in [-0.25, -0.2) is 4.68 Å². The molecular weight excluding hydrogens is 374 g/mol. The number of nitrogens with zero attached hydrogens (tertiary/aromatic N) is 2. The molecule has 0 bridgehead atoms. The van der Waals surface area contributed by atoms with E-state index in [4.69, 9.17) is 11.6 Å². The zero-order valence-corrected chi connectivity index (χ0v) is 16.6. The molecule has 0 radical (unpaired) electrons. The fourth-order valence-electron chi connectivity index (χ4n) is 3.09. The molecule has 0 saturated carbocycles. The highest BCUT2D eigenvalue weighted by Gasteiger charge is 2.18. The van der Waals surface area contributed by atoms with Crippen LogP contribution in [0, 0.1) is 6.92 Å². The first-order chi connectivity index (χ1) is 13.5. The number of carbonyl (C=O) groups excluding carboxylic acids is 1. The first-order valence-electron chi connectivity index (χ1n) is 9.20. The van der Waals surface area contributed by atoms with Crippen LogP contribution in [0.4, 0.5) is 0 Å². The average Bonchev–Trinajstić information content (AvgIpc) is 2.70. The molecule has 0 aliphatic heterocycles. The van der Waals surface area contributed by atoms with E-state index in [0.717, 1.165) is 12.0 Å². The molecule has 1 amide bonds. The summed E-state index contributed by atoms with van der Waals surface area (Å²) in [4.78, 5) is 25.0. The van der Waals surface area contributed by atoms with Gasteiger partial charge in [0.15, 0.2) is 5.69 Å². The monoisotopic (exact) mass is 395 g/mol. The molecular formula is C22H22ClN3O2. The molecule has 1 atom stereocenters. The largest absolute Gasteiger partial charge is 0.350 e. The second-order valence-corrected chi connectivity index (χ2v) is 6.99. The van der Waals surface area contributed by atoms with Gasteiger partial charge < -0.3 is 5.32 Å². The van der Waals surface area contributed by atoms with Crippen molar-refractivity contribution >= 4 is 17.5 Å². The summed E-state index contributed by atoms with van der Waals surface area (Å²) in [5.41, 5.74) is 1.81. The zero-order chi connectivity index (χ0) is 20.1. The highest BCUT2D eigenvalue weighted by molar-refractivity contribution is 6.32. The molecule has 0 spiro atoms. The van der Waals surface area contributed by atoms with Crippen molar-refractivity contribution in [3.63, 3.8) is 0 Å². The molecule has 5 nitrogen and oxygen atoms in total. The lowest BCUT2D eigenvalue weighted by molar-refractivity contribution is 0.0943. The molecule has 3 aromatic rings. The minimum atomic E-state index is -0.486. The number of amides is 1. The van der Waals surface area contributed by atoms with Crippen LogP contribution < -0.4 is 10.7 Å². The van der Waals surface area contributed by atoms with Crippen molar-refractivity contribution in [2.75, 3.05) is 6.54 Å². The lowest BCUT2D eigenvalue weighted by Gasteiger charge is -2.16. The number of carbonyl (C=O) groups is 1. The van der Waals surface area contributed by atoms with E-state index in [1.54, 1.807) is 19.1 Å². The van der Waals surface area contributed by atoms with Crippen LogP contribution in [0.3, 0.4) is 0 Å². The summed E-state index contributed by atoms with van der Waals surface area (Å²) in [6.07, 6.45) is 0.871. The Morgan fingerprint density at radius 2 is 1.82 bits per heavy atom. The van der Waals surface area contributed by atoms with Crippen molar-refractivity contribution in [2.45, 2.75) is 26.2 Å². The molecule has 1 heterocycles. The van der Waals surface area contributed by atoms with E-state index in [1.165, 1.54) is 10.7 Å². The van der Waals surface area contributed by atoms with Crippen LogP contribution in [0.2, 0.25) is 5.02 Å². The summed E-state index contributed by atoms with van der Waals surface area (Å²) in [5.74, 6) is -0.318. The Hall–Kier alpha value is -2.92. The van der Waals surface area contributed by atoms with Gasteiger partial charge in [-0.05, 0) is 31.0 Å². The van der Waals surface area contributed by atoms with E-state index in [-0.39, 0.29) is 11.6 Å². The van der Waals surface area contributed by atoms with Gasteiger partial charge in [-0.1, -0.05) is 61.0 Å². The van der Waals surface area contributed by atoms with Gasteiger partial charge in [0, 0.05) is 24.2 Å². The summed E-state index contributed by atoms with van der Waals surface area (Å²) < 4.78 is 1.52. The zero-order valence-electron chi connectivity index (χ0n) is 15.9. The van der Waals surface area contributed by atoms with Crippen molar-refractivity contribution in [2.24, 2.45) is 0 Å². The van der Waals surface area contributed by atoms with E-state index >= 15 is 0 Å². The third-order valence-corrected chi connectivity index (χ3v) is 5.00. The fraction of sp³-hybridized carbons (Fsp3) is 0.227. The summed E-state index contributed by atoms with van der Waals surface area (Å²) in [6.45, 7) is 4.25. The molecule has 0 aliphatic carbocycles. The third kappa shape index (κ3) is 4.31. The number of halogens is 1. The number of nitrogens with one attached hydrogen (secondary N) is 1. The van der Waals surface area contributed by atoms with Gasteiger partial charge in [0.25, 0.3) is 5.91 Å². The van der Waals surface area contributed by atoms with Gasteiger partial charge in [0.1, 0.15) is 0 Å². The normalized spacial score (nSPS) is 11.8. The average molecular weight is 396 g/mol. The molecule has 2 aromatic carbocycles. The van der Waals surface area contributed by atoms with Gasteiger partial charge in [-0.3, -0.25) is 9.59 Å². The van der Waals surface area contributed by atoms with Crippen LogP contribution in [-0.2, 0) is 0 Å². The first kappa shape index (κ1) is 19.8. The van der Waals surface area contributed by atoms with E-state index in [2.05, 4.69) is 17.3 Å². The minimum Gasteiger partial charge on any atom is -0.350 e. The van der Waals surface area contributed by atoms with E-state index < -0.39 is 11.3 Å². The minimum absolute atomic E-state index is 0.145. The smallest absolute Gasteiger partial charge is 0.275 e. The van der Waals surface area contributed by atoms with Crippen LogP contribution in [0.5, 0.6) is 0 Å². The quantitative estimate of drug-likeness (QED) is 0.682. The lowest BCUT2D eigenvalue weighted by Crippen LogP contribution is -2.34. The SMILES string of the molecule is CC[C@H](CNC(=O)c1nn(-c2ccccc2Cl)c(C)cc1=O)c1ccccc1. The van der Waals surface area contributed by atoms with Crippen molar-refractivity contribution in [1.29, 1.82) is 0 Å². The molecule has 0 saturated heterocycles. The summed E-state index contributed by atoms with van der Waals surface area (Å²) >= 11 is 6.25. The maximum atomic E-state index is 12.7. The molecule has 1 N–H and O–H groups in total. The molecule has 0 unspecified atom stereocenters. The Labute approximate surface area is 169 Å². The van der Waals surface area contributed by atoms with Crippen LogP contribution >= 0.6 is 11.6 Å². The van der Waals surface area contributed by atoms with Gasteiger partial charge in [0.2, 0.25) is 5.43 Å². The summed E-state index contributed by atoms with van der Waals surface area (Å²) in [7, 11) is 0. The van der Waals surface area contributed by atoms with Gasteiger partial charge >= 0.3 is 0 Å². The summed E-state index contributed by atoms with van der Waals surface area (Å²) in [6, 6.07) is 18.6. The maximum Gasteiger partial charge on any atom is 0.275 e. The molecule has 144 valence electrons. The second kappa shape index (κ2) is 8.85. The van der Waals surface area contributed by atoms with Crippen LogP contribution in [0.1, 0.15) is 41.0 Å². The predicted octanol–water partition coefficient (Wildman–Crippen LogP) is 4.12. The topological polar surface area (TPSA) is 64.0 Å². The highest BCUT2D eigenvalue weighted by Crippen LogP contribution is 2.20. The van der Waals surface area contributed by atoms with Gasteiger partial charge in [-0.2, -0.15) is 5.10 Å². The molecule has 0 aliphatic rings. The van der Waals surface area contributed by atoms with E-state index in [1.807, 2.05) is 42.5 Å². The first-order valence-corrected chi connectivity index (χ1v) is 9.58. The molecule has 28 heavy (non-hydrogen) atoms. The van der Waals surface area contributed by atoms with Crippen LogP contribution in [0.15, 0.2) is 65.5 Å². The maximum absolute atomic E-state index is 12.7. The number of hydrogen-bond donors (Lipinski definition) is 1. The second-order valence-electron chi connectivity index (χ2n) is 6.59. The van der Waals surface area contributed by atoms with Crippen LogP contribution in [-0.4, -0.2) is 22.2 Å². The molecule has 6 heteroatoms. The Morgan fingerprint density at radius 1 is 1.14 bits per heavy atom. The standard InChI is InChI=1S/C22H22ClN3O2/c1-3-16(17-9-5-4-6-10-17)14-24-22(28)21-20(27)13-15(2)26(25-21)19-12-8-7-11-18(19)23/h4-13,16H,3,14H2,1-2H3,(H,24,28)/t16-/m1/s1. The number of hydrogen-bond acceptors (Lipinski definition) is 3. The Kier molecular flexibility index (Phi) is 6.26. The molecule has 0 fully saturated rings. The van der Waals surface area contributed by atoms with Crippen molar-refractivity contribution in [3.05, 3.63) is 92.9 Å². The Bertz CT molecular complexity index is 1030. The van der Waals surface area contributed by atoms with Crippen molar-refractivity contribution in [3.8, 4) is 5.69 Å². The lowest BCUT2D eigenvalue weighted by atomic mass is 9.96. The predicted molar refractivity (Wildman–Crippen MR) is 111 cm³/mol. The van der Waals surface area contributed by atoms with Crippen molar-refractivity contribution in [1.82, 2.24) is 15.1 Å². The van der Waals surface area contributed by atoms with Crippen LogP contribution in [0.25, 0.3) is 5.69 Å². The number of aryl methyl sites for hydroxylation is 1. The van der Waals surface area contributed by atoms with Gasteiger partial charge in [-0.15, -0.1) is 0 Å². The van der Waals surface area contributed by atoms with E-state index in [9.17, 15) is 9.59 Å². The highest BCUT2D eigenvalue weighted by atomic mass is 35.5. The summed E-state index contributed by atoms with van der Waals surface area (Å²) in [5, 5.41) is 7.63. The van der Waals surface area contributed by atoms with E-state index in [0.29, 0.717) is 22.9 Å². The third-order valence-electron chi connectivity index (χ3n) is 4.68. The molecule has 1 aromatic heterocycles.